The van der Waals surface area contributed by atoms with Gasteiger partial charge in [-0.25, -0.2) is 9.97 Å². The lowest BCUT2D eigenvalue weighted by Gasteiger charge is -2.26. The molecule has 5 heterocycles. The van der Waals surface area contributed by atoms with Crippen LogP contribution in [0.5, 0.6) is 0 Å². The van der Waals surface area contributed by atoms with Gasteiger partial charge in [-0.3, -0.25) is 4.79 Å². The lowest BCUT2D eigenvalue weighted by atomic mass is 9.95. The molecular weight excluding hydrogens is 442 g/mol. The normalized spacial score (nSPS) is 21.0. The maximum absolute atomic E-state index is 11.7. The fourth-order valence-corrected chi connectivity index (χ4v) is 5.37. The van der Waals surface area contributed by atoms with E-state index in [0.717, 1.165) is 71.8 Å². The van der Waals surface area contributed by atoms with Crippen LogP contribution >= 0.6 is 0 Å². The van der Waals surface area contributed by atoms with Gasteiger partial charge in [0.25, 0.3) is 0 Å². The molecule has 2 aliphatic heterocycles. The number of nitrogens with one attached hydrogen (secondary N) is 2. The molecule has 0 aliphatic carbocycles. The third-order valence-electron chi connectivity index (χ3n) is 7.40. The van der Waals surface area contributed by atoms with Crippen LogP contribution in [0.1, 0.15) is 43.9 Å². The largest absolute Gasteiger partial charge is 0.378 e. The minimum Gasteiger partial charge on any atom is -0.378 e. The van der Waals surface area contributed by atoms with Gasteiger partial charge in [-0.15, -0.1) is 0 Å². The number of nitrogens with zero attached hydrogens (tertiary/aromatic N) is 3. The molecule has 3 aromatic rings. The van der Waals surface area contributed by atoms with Crippen molar-refractivity contribution in [1.29, 1.82) is 0 Å². The van der Waals surface area contributed by atoms with Gasteiger partial charge in [0.2, 0.25) is 5.91 Å². The highest BCUT2D eigenvalue weighted by Crippen LogP contribution is 2.37. The van der Waals surface area contributed by atoms with E-state index >= 15 is 0 Å². The number of anilines is 1. The highest BCUT2D eigenvalue weighted by molar-refractivity contribution is 5.98. The average Bonchev–Trinajstić information content (AvgIpc) is 3.48. The Morgan fingerprint density at radius 3 is 2.86 bits per heavy atom. The summed E-state index contributed by atoms with van der Waals surface area (Å²) in [5.74, 6) is 1.15. The monoisotopic (exact) mass is 477 g/mol. The molecule has 2 fully saturated rings. The number of aromatic nitrogens is 3. The number of hydrogen-bond donors (Lipinski definition) is 2. The molecule has 186 valence electrons. The Morgan fingerprint density at radius 1 is 1.31 bits per heavy atom. The standard InChI is InChI=1S/C27H35N5O3/c1-18-12-23(31-25(13-18)27(34-3)7-11-35-17-27)22-16-32(10-6-20-4-8-28-9-5-20)24-15-29-26(14-21(22)24)30-19(2)33/h12-16,20,28H,4-11,17H2,1-3H3,(H,29,30,33)/t27-/m0/s1. The number of rotatable bonds is 7. The second-order valence-electron chi connectivity index (χ2n) is 9.90. The molecule has 0 saturated carbocycles. The second-order valence-corrected chi connectivity index (χ2v) is 9.90. The number of aryl methyl sites for hydroxylation is 2. The van der Waals surface area contributed by atoms with Crippen LogP contribution in [0.4, 0.5) is 5.82 Å². The molecule has 35 heavy (non-hydrogen) atoms. The molecule has 2 saturated heterocycles. The van der Waals surface area contributed by atoms with E-state index in [4.69, 9.17) is 14.5 Å². The van der Waals surface area contributed by atoms with Gasteiger partial charge in [0, 0.05) is 50.8 Å². The van der Waals surface area contributed by atoms with Gasteiger partial charge >= 0.3 is 0 Å². The summed E-state index contributed by atoms with van der Waals surface area (Å²) in [4.78, 5) is 21.3. The van der Waals surface area contributed by atoms with Gasteiger partial charge in [-0.2, -0.15) is 0 Å². The Morgan fingerprint density at radius 2 is 2.14 bits per heavy atom. The average molecular weight is 478 g/mol. The van der Waals surface area contributed by atoms with E-state index < -0.39 is 5.60 Å². The molecule has 0 aromatic carbocycles. The number of pyridine rings is 2. The summed E-state index contributed by atoms with van der Waals surface area (Å²) in [6.07, 6.45) is 8.43. The molecule has 1 atom stereocenters. The first-order chi connectivity index (χ1) is 17.0. The molecule has 2 N–H and O–H groups in total. The number of amides is 1. The predicted molar refractivity (Wildman–Crippen MR) is 136 cm³/mol. The number of hydrogen-bond acceptors (Lipinski definition) is 6. The van der Waals surface area contributed by atoms with Crippen molar-refractivity contribution in [2.75, 3.05) is 38.7 Å². The van der Waals surface area contributed by atoms with Gasteiger partial charge < -0.3 is 24.7 Å². The van der Waals surface area contributed by atoms with Crippen LogP contribution in [0.2, 0.25) is 0 Å². The Hall–Kier alpha value is -2.81. The topological polar surface area (TPSA) is 90.3 Å². The minimum atomic E-state index is -0.517. The van der Waals surface area contributed by atoms with Crippen molar-refractivity contribution in [3.8, 4) is 11.3 Å². The molecule has 8 heteroatoms. The number of piperidine rings is 1. The van der Waals surface area contributed by atoms with Gasteiger partial charge in [0.1, 0.15) is 11.4 Å². The fourth-order valence-electron chi connectivity index (χ4n) is 5.37. The molecule has 0 radical (unpaired) electrons. The quantitative estimate of drug-likeness (QED) is 0.534. The first kappa shape index (κ1) is 23.9. The number of ether oxygens (including phenoxy) is 2. The van der Waals surface area contributed by atoms with Gasteiger partial charge in [-0.1, -0.05) is 0 Å². The highest BCUT2D eigenvalue weighted by atomic mass is 16.5. The molecule has 8 nitrogen and oxygen atoms in total. The Balaban J connectivity index is 1.57. The zero-order chi connectivity index (χ0) is 24.4. The van der Waals surface area contributed by atoms with E-state index in [1.807, 2.05) is 12.3 Å². The summed E-state index contributed by atoms with van der Waals surface area (Å²) in [5, 5.41) is 7.32. The molecule has 0 unspecified atom stereocenters. The molecule has 5 rings (SSSR count). The molecular formula is C27H35N5O3. The van der Waals surface area contributed by atoms with E-state index in [1.165, 1.54) is 19.8 Å². The lowest BCUT2D eigenvalue weighted by Crippen LogP contribution is -2.30. The molecule has 0 spiro atoms. The summed E-state index contributed by atoms with van der Waals surface area (Å²) in [6.45, 7) is 7.90. The van der Waals surface area contributed by atoms with Crippen molar-refractivity contribution in [3.63, 3.8) is 0 Å². The Bertz CT molecular complexity index is 1210. The van der Waals surface area contributed by atoms with E-state index in [-0.39, 0.29) is 5.91 Å². The molecule has 3 aromatic heterocycles. The van der Waals surface area contributed by atoms with Crippen molar-refractivity contribution in [2.45, 2.75) is 51.7 Å². The zero-order valence-electron chi connectivity index (χ0n) is 20.9. The van der Waals surface area contributed by atoms with E-state index in [1.54, 1.807) is 7.11 Å². The maximum atomic E-state index is 11.7. The van der Waals surface area contributed by atoms with Crippen molar-refractivity contribution >= 4 is 22.6 Å². The van der Waals surface area contributed by atoms with Crippen molar-refractivity contribution in [2.24, 2.45) is 5.92 Å². The van der Waals surface area contributed by atoms with Gasteiger partial charge in [0.15, 0.2) is 0 Å². The van der Waals surface area contributed by atoms with Crippen LogP contribution in [-0.2, 0) is 26.4 Å². The van der Waals surface area contributed by atoms with Gasteiger partial charge in [0.05, 0.1) is 29.7 Å². The summed E-state index contributed by atoms with van der Waals surface area (Å²) < 4.78 is 13.9. The molecule has 2 aliphatic rings. The van der Waals surface area contributed by atoms with Crippen molar-refractivity contribution in [1.82, 2.24) is 19.9 Å². The number of methoxy groups -OCH3 is 1. The second kappa shape index (κ2) is 10.0. The lowest BCUT2D eigenvalue weighted by molar-refractivity contribution is -0.114. The Labute approximate surface area is 206 Å². The summed E-state index contributed by atoms with van der Waals surface area (Å²) in [6, 6.07) is 6.18. The van der Waals surface area contributed by atoms with Crippen LogP contribution in [0.25, 0.3) is 22.2 Å². The zero-order valence-corrected chi connectivity index (χ0v) is 20.9. The van der Waals surface area contributed by atoms with Crippen LogP contribution < -0.4 is 10.6 Å². The maximum Gasteiger partial charge on any atom is 0.222 e. The first-order valence-corrected chi connectivity index (χ1v) is 12.6. The fraction of sp³-hybridized carbons (Fsp3) is 0.519. The molecule has 1 amide bonds. The number of fused-ring (bicyclic) bond motifs is 1. The SMILES string of the molecule is CO[C@@]1(c2cc(C)cc(-c3cn(CCC4CCNCC4)c4cnc(NC(C)=O)cc34)n2)CCOC1. The van der Waals surface area contributed by atoms with Crippen LogP contribution in [0, 0.1) is 12.8 Å². The van der Waals surface area contributed by atoms with Gasteiger partial charge in [-0.05, 0) is 69.0 Å². The Kier molecular flexibility index (Phi) is 6.86. The van der Waals surface area contributed by atoms with Crippen molar-refractivity contribution in [3.05, 3.63) is 41.9 Å². The van der Waals surface area contributed by atoms with E-state index in [9.17, 15) is 4.79 Å². The number of carbonyl (C=O) groups excluding carboxylic acids is 1. The first-order valence-electron chi connectivity index (χ1n) is 12.6. The smallest absolute Gasteiger partial charge is 0.222 e. The molecule has 0 bridgehead atoms. The summed E-state index contributed by atoms with van der Waals surface area (Å²) in [5.41, 5.74) is 4.50. The van der Waals surface area contributed by atoms with Crippen LogP contribution in [0.3, 0.4) is 0 Å². The van der Waals surface area contributed by atoms with Crippen molar-refractivity contribution < 1.29 is 14.3 Å². The highest BCUT2D eigenvalue weighted by Gasteiger charge is 2.38. The van der Waals surface area contributed by atoms with E-state index in [2.05, 4.69) is 45.4 Å². The number of carbonyl (C=O) groups is 1. The third-order valence-corrected chi connectivity index (χ3v) is 7.40. The van der Waals surface area contributed by atoms with Crippen LogP contribution in [0.15, 0.2) is 30.6 Å². The summed E-state index contributed by atoms with van der Waals surface area (Å²) >= 11 is 0. The van der Waals surface area contributed by atoms with Crippen LogP contribution in [-0.4, -0.2) is 53.9 Å². The summed E-state index contributed by atoms with van der Waals surface area (Å²) in [7, 11) is 1.73. The predicted octanol–water partition coefficient (Wildman–Crippen LogP) is 4.02. The van der Waals surface area contributed by atoms with E-state index in [0.29, 0.717) is 19.0 Å². The minimum absolute atomic E-state index is 0.136. The third kappa shape index (κ3) is 4.96.